The molecule has 0 aliphatic heterocycles. The van der Waals surface area contributed by atoms with Crippen molar-refractivity contribution in [3.8, 4) is 17.0 Å². The second kappa shape index (κ2) is 5.66. The molecule has 3 rings (SSSR count). The van der Waals surface area contributed by atoms with Crippen LogP contribution >= 0.6 is 0 Å². The van der Waals surface area contributed by atoms with Crippen LogP contribution in [-0.2, 0) is 13.0 Å². The van der Waals surface area contributed by atoms with Crippen molar-refractivity contribution in [1.29, 1.82) is 0 Å². The molecule has 106 valence electrons. The minimum atomic E-state index is 0.283. The zero-order chi connectivity index (χ0) is 14.7. The standard InChI is InChI=1S/C16H16N4O/c17-15-5-7-18-9-14(15)16-10-19-11-20(16)8-6-12-1-3-13(21)4-2-12/h1-5,7,9-11,21H,6,8H2,(H2,17,18). The van der Waals surface area contributed by atoms with Gasteiger partial charge in [0.1, 0.15) is 5.75 Å². The third-order valence-corrected chi connectivity index (χ3v) is 3.42. The maximum Gasteiger partial charge on any atom is 0.115 e. The van der Waals surface area contributed by atoms with E-state index in [0.717, 1.165) is 29.8 Å². The second-order valence-corrected chi connectivity index (χ2v) is 4.85. The normalized spacial score (nSPS) is 10.7. The Kier molecular flexibility index (Phi) is 3.55. The van der Waals surface area contributed by atoms with Crippen molar-refractivity contribution in [3.63, 3.8) is 0 Å². The highest BCUT2D eigenvalue weighted by Gasteiger charge is 2.08. The molecule has 0 unspecified atom stereocenters. The van der Waals surface area contributed by atoms with Crippen LogP contribution < -0.4 is 5.73 Å². The van der Waals surface area contributed by atoms with Gasteiger partial charge in [-0.05, 0) is 30.2 Å². The van der Waals surface area contributed by atoms with Gasteiger partial charge in [0, 0.05) is 30.2 Å². The van der Waals surface area contributed by atoms with Crippen molar-refractivity contribution >= 4 is 5.69 Å². The van der Waals surface area contributed by atoms with Crippen molar-refractivity contribution in [2.24, 2.45) is 0 Å². The molecular weight excluding hydrogens is 264 g/mol. The lowest BCUT2D eigenvalue weighted by molar-refractivity contribution is 0.475. The summed E-state index contributed by atoms with van der Waals surface area (Å²) in [6.07, 6.45) is 7.87. The minimum absolute atomic E-state index is 0.283. The zero-order valence-electron chi connectivity index (χ0n) is 11.5. The summed E-state index contributed by atoms with van der Waals surface area (Å²) < 4.78 is 2.06. The molecule has 1 aromatic carbocycles. The van der Waals surface area contributed by atoms with Gasteiger partial charge in [-0.2, -0.15) is 0 Å². The van der Waals surface area contributed by atoms with E-state index in [-0.39, 0.29) is 5.75 Å². The Labute approximate surface area is 122 Å². The average molecular weight is 280 g/mol. The van der Waals surface area contributed by atoms with E-state index in [2.05, 4.69) is 14.5 Å². The fraction of sp³-hybridized carbons (Fsp3) is 0.125. The molecule has 0 aliphatic rings. The van der Waals surface area contributed by atoms with E-state index in [1.165, 1.54) is 0 Å². The number of phenolic OH excluding ortho intramolecular Hbond substituents is 1. The van der Waals surface area contributed by atoms with Crippen LogP contribution in [0.1, 0.15) is 5.56 Å². The van der Waals surface area contributed by atoms with Gasteiger partial charge in [0.05, 0.1) is 18.2 Å². The number of pyridine rings is 1. The van der Waals surface area contributed by atoms with Crippen LogP contribution in [0.5, 0.6) is 5.75 Å². The smallest absolute Gasteiger partial charge is 0.115 e. The summed E-state index contributed by atoms with van der Waals surface area (Å²) >= 11 is 0. The molecule has 0 saturated carbocycles. The number of phenols is 1. The van der Waals surface area contributed by atoms with Crippen molar-refractivity contribution in [1.82, 2.24) is 14.5 Å². The number of aromatic nitrogens is 3. The van der Waals surface area contributed by atoms with Gasteiger partial charge in [-0.1, -0.05) is 12.1 Å². The van der Waals surface area contributed by atoms with E-state index >= 15 is 0 Å². The molecule has 0 fully saturated rings. The maximum atomic E-state index is 9.30. The topological polar surface area (TPSA) is 77.0 Å². The summed E-state index contributed by atoms with van der Waals surface area (Å²) in [5.41, 5.74) is 9.69. The maximum absolute atomic E-state index is 9.30. The molecule has 0 saturated heterocycles. The first-order valence-electron chi connectivity index (χ1n) is 6.72. The summed E-state index contributed by atoms with van der Waals surface area (Å²) in [4.78, 5) is 8.33. The number of nitrogens with zero attached hydrogens (tertiary/aromatic N) is 3. The molecule has 3 aromatic rings. The van der Waals surface area contributed by atoms with Gasteiger partial charge in [-0.25, -0.2) is 4.98 Å². The Bertz CT molecular complexity index is 734. The Morgan fingerprint density at radius 3 is 2.62 bits per heavy atom. The van der Waals surface area contributed by atoms with E-state index in [9.17, 15) is 5.11 Å². The van der Waals surface area contributed by atoms with Crippen LogP contribution in [0, 0.1) is 0 Å². The molecule has 0 aliphatic carbocycles. The first-order chi connectivity index (χ1) is 10.2. The summed E-state index contributed by atoms with van der Waals surface area (Å²) in [7, 11) is 0. The number of imidazole rings is 1. The van der Waals surface area contributed by atoms with Crippen molar-refractivity contribution in [2.45, 2.75) is 13.0 Å². The molecule has 0 bridgehead atoms. The number of aromatic hydroxyl groups is 1. The van der Waals surface area contributed by atoms with Crippen molar-refractivity contribution in [3.05, 3.63) is 60.8 Å². The van der Waals surface area contributed by atoms with Crippen LogP contribution in [0.15, 0.2) is 55.2 Å². The number of nitrogen functional groups attached to an aromatic ring is 1. The number of hydrogen-bond acceptors (Lipinski definition) is 4. The largest absolute Gasteiger partial charge is 0.508 e. The first-order valence-corrected chi connectivity index (χ1v) is 6.72. The quantitative estimate of drug-likeness (QED) is 0.769. The third kappa shape index (κ3) is 2.86. The SMILES string of the molecule is Nc1ccncc1-c1cncn1CCc1ccc(O)cc1. The molecule has 2 aromatic heterocycles. The van der Waals surface area contributed by atoms with E-state index in [1.807, 2.05) is 12.1 Å². The third-order valence-electron chi connectivity index (χ3n) is 3.42. The average Bonchev–Trinajstić information content (AvgIpc) is 2.95. The van der Waals surface area contributed by atoms with Gasteiger partial charge in [-0.15, -0.1) is 0 Å². The summed E-state index contributed by atoms with van der Waals surface area (Å²) in [5, 5.41) is 9.30. The van der Waals surface area contributed by atoms with E-state index < -0.39 is 0 Å². The fourth-order valence-corrected chi connectivity index (χ4v) is 2.25. The van der Waals surface area contributed by atoms with E-state index in [0.29, 0.717) is 5.69 Å². The molecule has 21 heavy (non-hydrogen) atoms. The Morgan fingerprint density at radius 2 is 1.86 bits per heavy atom. The molecular formula is C16H16N4O. The predicted octanol–water partition coefficient (Wildman–Crippen LogP) is 2.48. The van der Waals surface area contributed by atoms with E-state index in [4.69, 9.17) is 5.73 Å². The lowest BCUT2D eigenvalue weighted by atomic mass is 10.1. The molecule has 5 heteroatoms. The van der Waals surface area contributed by atoms with Gasteiger partial charge in [0.15, 0.2) is 0 Å². The van der Waals surface area contributed by atoms with Gasteiger partial charge in [0.2, 0.25) is 0 Å². The molecule has 0 amide bonds. The molecule has 2 heterocycles. The number of nitrogens with two attached hydrogens (primary N) is 1. The van der Waals surface area contributed by atoms with Crippen molar-refractivity contribution < 1.29 is 5.11 Å². The zero-order valence-corrected chi connectivity index (χ0v) is 11.5. The van der Waals surface area contributed by atoms with Crippen LogP contribution in [0.3, 0.4) is 0 Å². The fourth-order valence-electron chi connectivity index (χ4n) is 2.25. The van der Waals surface area contributed by atoms with Crippen LogP contribution in [0.4, 0.5) is 5.69 Å². The number of anilines is 1. The Morgan fingerprint density at radius 1 is 1.05 bits per heavy atom. The predicted molar refractivity (Wildman–Crippen MR) is 81.7 cm³/mol. The lowest BCUT2D eigenvalue weighted by Gasteiger charge is -2.10. The van der Waals surface area contributed by atoms with Crippen LogP contribution in [-0.4, -0.2) is 19.6 Å². The highest BCUT2D eigenvalue weighted by Crippen LogP contribution is 2.24. The summed E-state index contributed by atoms with van der Waals surface area (Å²) in [6.45, 7) is 0.786. The minimum Gasteiger partial charge on any atom is -0.508 e. The molecule has 0 spiro atoms. The number of benzene rings is 1. The molecule has 3 N–H and O–H groups in total. The van der Waals surface area contributed by atoms with E-state index in [1.54, 1.807) is 43.1 Å². The van der Waals surface area contributed by atoms with Gasteiger partial charge >= 0.3 is 0 Å². The summed E-state index contributed by atoms with van der Waals surface area (Å²) in [5.74, 6) is 0.283. The Hall–Kier alpha value is -2.82. The second-order valence-electron chi connectivity index (χ2n) is 4.85. The molecule has 5 nitrogen and oxygen atoms in total. The number of rotatable bonds is 4. The lowest BCUT2D eigenvalue weighted by Crippen LogP contribution is -2.03. The van der Waals surface area contributed by atoms with Gasteiger partial charge < -0.3 is 15.4 Å². The van der Waals surface area contributed by atoms with Crippen LogP contribution in [0.25, 0.3) is 11.3 Å². The van der Waals surface area contributed by atoms with Crippen molar-refractivity contribution in [2.75, 3.05) is 5.73 Å². The number of hydrogen-bond donors (Lipinski definition) is 2. The van der Waals surface area contributed by atoms with Crippen LogP contribution in [0.2, 0.25) is 0 Å². The molecule has 0 radical (unpaired) electrons. The molecule has 0 atom stereocenters. The first kappa shape index (κ1) is 13.2. The highest BCUT2D eigenvalue weighted by molar-refractivity contribution is 5.72. The number of aryl methyl sites for hydroxylation is 2. The monoisotopic (exact) mass is 280 g/mol. The Balaban J connectivity index is 1.80. The van der Waals surface area contributed by atoms with Gasteiger partial charge in [0.25, 0.3) is 0 Å². The summed E-state index contributed by atoms with van der Waals surface area (Å²) in [6, 6.07) is 9.02. The van der Waals surface area contributed by atoms with Gasteiger partial charge in [-0.3, -0.25) is 4.98 Å². The highest BCUT2D eigenvalue weighted by atomic mass is 16.3.